The number of hydrazine groups is 1. The van der Waals surface area contributed by atoms with Crippen molar-refractivity contribution < 1.29 is 23.9 Å². The molecule has 0 bridgehead atoms. The largest absolute Gasteiger partial charge is 0.497 e. The topological polar surface area (TPSA) is 102 Å². The summed E-state index contributed by atoms with van der Waals surface area (Å²) in [6, 6.07) is 12.5. The maximum absolute atomic E-state index is 13.0. The van der Waals surface area contributed by atoms with Crippen molar-refractivity contribution in [3.05, 3.63) is 59.2 Å². The average molecular weight is 463 g/mol. The molecule has 0 spiro atoms. The number of piperazine rings is 1. The smallest absolute Gasteiger partial charge is 0.343 e. The molecule has 0 atom stereocenters. The zero-order valence-corrected chi connectivity index (χ0v) is 18.8. The molecule has 5 rings (SSSR count). The Hall–Kier alpha value is -3.92. The molecule has 10 heteroatoms. The van der Waals surface area contributed by atoms with Crippen molar-refractivity contribution in [3.8, 4) is 5.75 Å². The summed E-state index contributed by atoms with van der Waals surface area (Å²) >= 11 is 0. The van der Waals surface area contributed by atoms with Gasteiger partial charge in [-0.05, 0) is 29.8 Å². The van der Waals surface area contributed by atoms with Crippen molar-refractivity contribution in [1.29, 1.82) is 0 Å². The molecule has 3 aliphatic heterocycles. The lowest BCUT2D eigenvalue weighted by Gasteiger charge is -2.36. The molecule has 0 aliphatic carbocycles. The summed E-state index contributed by atoms with van der Waals surface area (Å²) in [6.45, 7) is 4.09. The molecule has 3 aliphatic rings. The number of methoxy groups -OCH3 is 1. The van der Waals surface area contributed by atoms with E-state index < -0.39 is 23.8 Å². The minimum atomic E-state index is -0.764. The number of nitrogens with one attached hydrogen (secondary N) is 1. The van der Waals surface area contributed by atoms with Crippen molar-refractivity contribution in [3.63, 3.8) is 0 Å². The van der Waals surface area contributed by atoms with Gasteiger partial charge in [0.1, 0.15) is 5.75 Å². The lowest BCUT2D eigenvalue weighted by molar-refractivity contribution is -0.122. The zero-order valence-electron chi connectivity index (χ0n) is 18.8. The number of nitrogens with zero attached hydrogens (tertiary/aromatic N) is 4. The molecule has 2 saturated heterocycles. The number of hydrogen-bond acceptors (Lipinski definition) is 7. The number of amides is 5. The number of ether oxygens (including phenoxy) is 1. The fourth-order valence-electron chi connectivity index (χ4n) is 4.57. The number of benzene rings is 2. The van der Waals surface area contributed by atoms with E-state index in [-0.39, 0.29) is 24.1 Å². The van der Waals surface area contributed by atoms with E-state index in [9.17, 15) is 19.2 Å². The monoisotopic (exact) mass is 463 g/mol. The van der Waals surface area contributed by atoms with Crippen LogP contribution in [0.4, 0.5) is 10.5 Å². The van der Waals surface area contributed by atoms with Crippen molar-refractivity contribution >= 4 is 29.4 Å². The molecular formula is C24H25N5O5. The highest BCUT2D eigenvalue weighted by atomic mass is 16.5. The molecule has 2 fully saturated rings. The second-order valence-corrected chi connectivity index (χ2v) is 8.49. The van der Waals surface area contributed by atoms with E-state index in [1.54, 1.807) is 19.2 Å². The number of hydrogen-bond donors (Lipinski definition) is 1. The lowest BCUT2D eigenvalue weighted by Crippen LogP contribution is -2.58. The van der Waals surface area contributed by atoms with Crippen LogP contribution >= 0.6 is 0 Å². The van der Waals surface area contributed by atoms with Crippen LogP contribution < -0.4 is 15.0 Å². The number of imide groups is 2. The first kappa shape index (κ1) is 21.9. The van der Waals surface area contributed by atoms with Crippen LogP contribution in [0.1, 0.15) is 32.7 Å². The fraction of sp³-hybridized carbons (Fsp3) is 0.333. The van der Waals surface area contributed by atoms with Crippen LogP contribution in [0.25, 0.3) is 0 Å². The van der Waals surface area contributed by atoms with Crippen LogP contribution in [0, 0.1) is 0 Å². The Balaban J connectivity index is 1.24. The van der Waals surface area contributed by atoms with E-state index in [2.05, 4.69) is 21.2 Å². The SMILES string of the molecule is COc1cccc(N2CCN(Cc3ccc4c(c3)C(=O)N(N3CCC(=O)NC3=O)C4=O)CC2)c1. The molecular weight excluding hydrogens is 438 g/mol. The van der Waals surface area contributed by atoms with Crippen LogP contribution in [0.3, 0.4) is 0 Å². The fourth-order valence-corrected chi connectivity index (χ4v) is 4.57. The third-order valence-corrected chi connectivity index (χ3v) is 6.40. The quantitative estimate of drug-likeness (QED) is 0.670. The van der Waals surface area contributed by atoms with E-state index in [0.29, 0.717) is 6.54 Å². The van der Waals surface area contributed by atoms with Gasteiger partial charge in [-0.1, -0.05) is 12.1 Å². The molecule has 0 unspecified atom stereocenters. The van der Waals surface area contributed by atoms with Gasteiger partial charge in [0.25, 0.3) is 11.8 Å². The predicted octanol–water partition coefficient (Wildman–Crippen LogP) is 1.47. The number of rotatable bonds is 5. The van der Waals surface area contributed by atoms with Crippen LogP contribution in [-0.4, -0.2) is 78.5 Å². The molecule has 34 heavy (non-hydrogen) atoms. The summed E-state index contributed by atoms with van der Waals surface area (Å²) in [4.78, 5) is 54.0. The van der Waals surface area contributed by atoms with Crippen molar-refractivity contribution in [2.24, 2.45) is 0 Å². The molecule has 1 N–H and O–H groups in total. The summed E-state index contributed by atoms with van der Waals surface area (Å²) < 4.78 is 5.32. The molecule has 2 aromatic rings. The Labute approximate surface area is 196 Å². The van der Waals surface area contributed by atoms with E-state index in [0.717, 1.165) is 53.2 Å². The molecule has 2 aromatic carbocycles. The highest BCUT2D eigenvalue weighted by Crippen LogP contribution is 2.27. The second kappa shape index (κ2) is 8.79. The standard InChI is InChI=1S/C24H25N5O5/c1-34-18-4-2-3-17(14-18)27-11-9-26(10-12-27)15-16-5-6-19-20(13-16)23(32)29(22(19)31)28-8-7-21(30)25-24(28)33/h2-6,13-14H,7-12,15H2,1H3,(H,25,30,33). The number of carbonyl (C=O) groups excluding carboxylic acids is 4. The summed E-state index contributed by atoms with van der Waals surface area (Å²) in [6.07, 6.45) is 0.0339. The van der Waals surface area contributed by atoms with E-state index in [1.807, 2.05) is 24.3 Å². The van der Waals surface area contributed by atoms with Gasteiger partial charge in [-0.15, -0.1) is 0 Å². The summed E-state index contributed by atoms with van der Waals surface area (Å²) in [5.74, 6) is -0.691. The summed E-state index contributed by atoms with van der Waals surface area (Å²) in [5, 5.41) is 3.99. The normalized spacial score (nSPS) is 18.9. The van der Waals surface area contributed by atoms with Gasteiger partial charge in [0.05, 0.1) is 24.8 Å². The molecule has 3 heterocycles. The third-order valence-electron chi connectivity index (χ3n) is 6.40. The van der Waals surface area contributed by atoms with E-state index >= 15 is 0 Å². The van der Waals surface area contributed by atoms with Gasteiger partial charge in [-0.3, -0.25) is 24.6 Å². The molecule has 0 aromatic heterocycles. The van der Waals surface area contributed by atoms with Crippen molar-refractivity contribution in [2.45, 2.75) is 13.0 Å². The maximum Gasteiger partial charge on any atom is 0.343 e. The highest BCUT2D eigenvalue weighted by molar-refractivity contribution is 6.22. The van der Waals surface area contributed by atoms with Crippen LogP contribution in [0.15, 0.2) is 42.5 Å². The van der Waals surface area contributed by atoms with Crippen LogP contribution in [0.5, 0.6) is 5.75 Å². The molecule has 0 saturated carbocycles. The minimum absolute atomic E-state index is 0.0133. The maximum atomic E-state index is 13.0. The van der Waals surface area contributed by atoms with Crippen LogP contribution in [0.2, 0.25) is 0 Å². The second-order valence-electron chi connectivity index (χ2n) is 8.49. The van der Waals surface area contributed by atoms with Crippen molar-refractivity contribution in [2.75, 3.05) is 44.7 Å². The first-order chi connectivity index (χ1) is 16.4. The Bertz CT molecular complexity index is 1170. The molecule has 5 amide bonds. The Kier molecular flexibility index (Phi) is 5.66. The number of carbonyl (C=O) groups is 4. The lowest BCUT2D eigenvalue weighted by atomic mass is 10.1. The number of anilines is 1. The number of urea groups is 1. The first-order valence-electron chi connectivity index (χ1n) is 11.2. The van der Waals surface area contributed by atoms with Gasteiger partial charge in [0.2, 0.25) is 5.91 Å². The van der Waals surface area contributed by atoms with Gasteiger partial charge < -0.3 is 9.64 Å². The van der Waals surface area contributed by atoms with Crippen molar-refractivity contribution in [1.82, 2.24) is 20.2 Å². The average Bonchev–Trinajstić information content (AvgIpc) is 3.09. The Morgan fingerprint density at radius 3 is 2.38 bits per heavy atom. The Morgan fingerprint density at radius 2 is 1.65 bits per heavy atom. The van der Waals surface area contributed by atoms with Gasteiger partial charge in [-0.2, -0.15) is 5.01 Å². The highest BCUT2D eigenvalue weighted by Gasteiger charge is 2.43. The molecule has 176 valence electrons. The number of fused-ring (bicyclic) bond motifs is 1. The van der Waals surface area contributed by atoms with Crippen LogP contribution in [-0.2, 0) is 11.3 Å². The summed E-state index contributed by atoms with van der Waals surface area (Å²) in [7, 11) is 1.66. The van der Waals surface area contributed by atoms with E-state index in [4.69, 9.17) is 4.74 Å². The minimum Gasteiger partial charge on any atom is -0.497 e. The summed E-state index contributed by atoms with van der Waals surface area (Å²) in [5.41, 5.74) is 2.60. The Morgan fingerprint density at radius 1 is 0.882 bits per heavy atom. The third kappa shape index (κ3) is 3.96. The predicted molar refractivity (Wildman–Crippen MR) is 122 cm³/mol. The van der Waals surface area contributed by atoms with Gasteiger partial charge in [-0.25, -0.2) is 9.80 Å². The zero-order chi connectivity index (χ0) is 23.8. The molecule has 10 nitrogen and oxygen atoms in total. The molecule has 0 radical (unpaired) electrons. The van der Waals surface area contributed by atoms with Gasteiger partial charge in [0, 0.05) is 50.9 Å². The van der Waals surface area contributed by atoms with Gasteiger partial charge in [0.15, 0.2) is 0 Å². The first-order valence-corrected chi connectivity index (χ1v) is 11.2. The van der Waals surface area contributed by atoms with Gasteiger partial charge >= 0.3 is 6.03 Å². The van der Waals surface area contributed by atoms with E-state index in [1.165, 1.54) is 0 Å².